The Labute approximate surface area is 99.0 Å². The van der Waals surface area contributed by atoms with Crippen molar-refractivity contribution in [3.63, 3.8) is 0 Å². The first-order valence-corrected chi connectivity index (χ1v) is 5.66. The normalized spacial score (nSPS) is 16.8. The molecule has 2 rings (SSSR count). The molecule has 0 aromatic heterocycles. The van der Waals surface area contributed by atoms with Crippen molar-refractivity contribution in [1.29, 1.82) is 5.26 Å². The van der Waals surface area contributed by atoms with Crippen LogP contribution in [-0.4, -0.2) is 6.54 Å². The maximum atomic E-state index is 13.0. The standard InChI is InChI=1S/C12H12ClFN2/c13-10-5-9(3-4-11(10)14)12(6-15)16-7-8-1-2-8/h3-5,8,12,16H,1-2,7H2. The summed E-state index contributed by atoms with van der Waals surface area (Å²) in [6.07, 6.45) is 2.46. The molecular weight excluding hydrogens is 227 g/mol. The van der Waals surface area contributed by atoms with Crippen LogP contribution >= 0.6 is 11.6 Å². The third kappa shape index (κ3) is 2.72. The summed E-state index contributed by atoms with van der Waals surface area (Å²) in [5, 5.41) is 12.2. The topological polar surface area (TPSA) is 35.8 Å². The maximum absolute atomic E-state index is 13.0. The average molecular weight is 239 g/mol. The first-order chi connectivity index (χ1) is 7.70. The first-order valence-electron chi connectivity index (χ1n) is 5.28. The van der Waals surface area contributed by atoms with E-state index in [4.69, 9.17) is 16.9 Å². The summed E-state index contributed by atoms with van der Waals surface area (Å²) < 4.78 is 13.0. The van der Waals surface area contributed by atoms with Gasteiger partial charge >= 0.3 is 0 Å². The lowest BCUT2D eigenvalue weighted by Crippen LogP contribution is -2.22. The highest BCUT2D eigenvalue weighted by molar-refractivity contribution is 6.30. The number of benzene rings is 1. The minimum atomic E-state index is -0.454. The highest BCUT2D eigenvalue weighted by atomic mass is 35.5. The van der Waals surface area contributed by atoms with Gasteiger partial charge in [0, 0.05) is 0 Å². The van der Waals surface area contributed by atoms with E-state index in [1.807, 2.05) is 0 Å². The molecule has 0 radical (unpaired) electrons. The molecule has 1 aromatic carbocycles. The van der Waals surface area contributed by atoms with Crippen LogP contribution in [-0.2, 0) is 0 Å². The van der Waals surface area contributed by atoms with Crippen LogP contribution in [0.3, 0.4) is 0 Å². The predicted octanol–water partition coefficient (Wildman–Crippen LogP) is 3.04. The maximum Gasteiger partial charge on any atom is 0.141 e. The molecule has 1 aliphatic carbocycles. The molecule has 1 saturated carbocycles. The number of nitriles is 1. The lowest BCUT2D eigenvalue weighted by Gasteiger charge is -2.11. The third-order valence-electron chi connectivity index (χ3n) is 2.71. The molecule has 1 N–H and O–H groups in total. The van der Waals surface area contributed by atoms with E-state index in [0.29, 0.717) is 5.92 Å². The fraction of sp³-hybridized carbons (Fsp3) is 0.417. The monoisotopic (exact) mass is 238 g/mol. The van der Waals surface area contributed by atoms with Gasteiger partial charge in [0.15, 0.2) is 0 Å². The Morgan fingerprint density at radius 1 is 1.56 bits per heavy atom. The van der Waals surface area contributed by atoms with E-state index in [2.05, 4.69) is 11.4 Å². The SMILES string of the molecule is N#CC(NCC1CC1)c1ccc(F)c(Cl)c1. The molecule has 0 heterocycles. The second-order valence-electron chi connectivity index (χ2n) is 4.09. The van der Waals surface area contributed by atoms with Crippen LogP contribution in [0.5, 0.6) is 0 Å². The molecule has 1 atom stereocenters. The van der Waals surface area contributed by atoms with Gasteiger partial charge in [-0.2, -0.15) is 5.26 Å². The minimum Gasteiger partial charge on any atom is -0.298 e. The van der Waals surface area contributed by atoms with Gasteiger partial charge in [0.2, 0.25) is 0 Å². The van der Waals surface area contributed by atoms with Gasteiger partial charge in [-0.3, -0.25) is 5.32 Å². The summed E-state index contributed by atoms with van der Waals surface area (Å²) in [6.45, 7) is 0.840. The van der Waals surface area contributed by atoms with Crippen LogP contribution in [0.1, 0.15) is 24.4 Å². The van der Waals surface area contributed by atoms with Crippen molar-refractivity contribution >= 4 is 11.6 Å². The summed E-state index contributed by atoms with van der Waals surface area (Å²) in [5.74, 6) is 0.246. The van der Waals surface area contributed by atoms with Gasteiger partial charge < -0.3 is 0 Å². The van der Waals surface area contributed by atoms with Crippen LogP contribution in [0.25, 0.3) is 0 Å². The van der Waals surface area contributed by atoms with E-state index in [0.717, 1.165) is 12.1 Å². The molecule has 0 amide bonds. The van der Waals surface area contributed by atoms with Crippen LogP contribution in [0.2, 0.25) is 5.02 Å². The van der Waals surface area contributed by atoms with Gasteiger partial charge in [0.25, 0.3) is 0 Å². The average Bonchev–Trinajstić information content (AvgIpc) is 3.08. The zero-order valence-electron chi connectivity index (χ0n) is 8.71. The first kappa shape index (κ1) is 11.4. The number of hydrogen-bond donors (Lipinski definition) is 1. The van der Waals surface area contributed by atoms with Crippen molar-refractivity contribution in [1.82, 2.24) is 5.32 Å². The summed E-state index contributed by atoms with van der Waals surface area (Å²) in [5.41, 5.74) is 0.717. The molecule has 1 fully saturated rings. The van der Waals surface area contributed by atoms with E-state index in [-0.39, 0.29) is 5.02 Å². The van der Waals surface area contributed by atoms with Crippen LogP contribution in [0.15, 0.2) is 18.2 Å². The molecule has 2 nitrogen and oxygen atoms in total. The Balaban J connectivity index is 2.06. The van der Waals surface area contributed by atoms with E-state index in [1.54, 1.807) is 6.07 Å². The van der Waals surface area contributed by atoms with Crippen molar-refractivity contribution in [2.24, 2.45) is 5.92 Å². The van der Waals surface area contributed by atoms with Gasteiger partial charge in [-0.15, -0.1) is 0 Å². The number of rotatable bonds is 4. The van der Waals surface area contributed by atoms with Crippen molar-refractivity contribution < 1.29 is 4.39 Å². The van der Waals surface area contributed by atoms with Gasteiger partial charge in [-0.05, 0) is 43.0 Å². The molecule has 1 unspecified atom stereocenters. The highest BCUT2D eigenvalue weighted by Crippen LogP contribution is 2.29. The number of nitrogens with one attached hydrogen (secondary N) is 1. The van der Waals surface area contributed by atoms with Crippen LogP contribution in [0.4, 0.5) is 4.39 Å². The van der Waals surface area contributed by atoms with E-state index in [1.165, 1.54) is 25.0 Å². The summed E-state index contributed by atoms with van der Waals surface area (Å²) in [4.78, 5) is 0. The van der Waals surface area contributed by atoms with Gasteiger partial charge in [-0.25, -0.2) is 4.39 Å². The molecule has 4 heteroatoms. The Bertz CT molecular complexity index is 424. The van der Waals surface area contributed by atoms with Gasteiger partial charge in [0.1, 0.15) is 11.9 Å². The smallest absolute Gasteiger partial charge is 0.141 e. The highest BCUT2D eigenvalue weighted by Gasteiger charge is 2.22. The fourth-order valence-electron chi connectivity index (χ4n) is 1.54. The summed E-state index contributed by atoms with van der Waals surface area (Å²) in [7, 11) is 0. The van der Waals surface area contributed by atoms with Crippen molar-refractivity contribution in [3.05, 3.63) is 34.6 Å². The molecular formula is C12H12ClFN2. The number of hydrogen-bond acceptors (Lipinski definition) is 2. The van der Waals surface area contributed by atoms with Crippen LogP contribution < -0.4 is 5.32 Å². The fourth-order valence-corrected chi connectivity index (χ4v) is 1.73. The molecule has 0 bridgehead atoms. The zero-order valence-corrected chi connectivity index (χ0v) is 9.47. The second kappa shape index (κ2) is 4.82. The Hall–Kier alpha value is -1.11. The molecule has 1 aromatic rings. The summed E-state index contributed by atoms with van der Waals surface area (Å²) >= 11 is 5.68. The van der Waals surface area contributed by atoms with E-state index in [9.17, 15) is 4.39 Å². The van der Waals surface area contributed by atoms with E-state index < -0.39 is 11.9 Å². The van der Waals surface area contributed by atoms with Crippen molar-refractivity contribution in [2.45, 2.75) is 18.9 Å². The van der Waals surface area contributed by atoms with Crippen molar-refractivity contribution in [2.75, 3.05) is 6.54 Å². The van der Waals surface area contributed by atoms with E-state index >= 15 is 0 Å². The molecule has 0 aliphatic heterocycles. The van der Waals surface area contributed by atoms with Crippen LogP contribution in [0, 0.1) is 23.1 Å². The van der Waals surface area contributed by atoms with Gasteiger partial charge in [0.05, 0.1) is 11.1 Å². The molecule has 1 aliphatic rings. The minimum absolute atomic E-state index is 0.0611. The zero-order chi connectivity index (χ0) is 11.5. The lowest BCUT2D eigenvalue weighted by molar-refractivity contribution is 0.589. The molecule has 0 saturated heterocycles. The number of nitrogens with zero attached hydrogens (tertiary/aromatic N) is 1. The van der Waals surface area contributed by atoms with Crippen molar-refractivity contribution in [3.8, 4) is 6.07 Å². The lowest BCUT2D eigenvalue weighted by atomic mass is 10.1. The Morgan fingerprint density at radius 2 is 2.31 bits per heavy atom. The molecule has 0 spiro atoms. The molecule has 16 heavy (non-hydrogen) atoms. The quantitative estimate of drug-likeness (QED) is 0.875. The summed E-state index contributed by atoms with van der Waals surface area (Å²) in [6, 6.07) is 6.14. The third-order valence-corrected chi connectivity index (χ3v) is 3.00. The molecule has 84 valence electrons. The largest absolute Gasteiger partial charge is 0.298 e. The predicted molar refractivity (Wildman–Crippen MR) is 60.5 cm³/mol. The number of halogens is 2. The Kier molecular flexibility index (Phi) is 3.42. The van der Waals surface area contributed by atoms with Gasteiger partial charge in [-0.1, -0.05) is 17.7 Å². The second-order valence-corrected chi connectivity index (χ2v) is 4.49. The Morgan fingerprint density at radius 3 is 2.88 bits per heavy atom.